The van der Waals surface area contributed by atoms with Crippen molar-refractivity contribution in [1.29, 1.82) is 0 Å². The number of aliphatic hydroxyl groups is 1. The Kier molecular flexibility index (Phi) is 1.89. The summed E-state index contributed by atoms with van der Waals surface area (Å²) in [5.74, 6) is 0.868. The average Bonchev–Trinajstić information content (AvgIpc) is 2.82. The summed E-state index contributed by atoms with van der Waals surface area (Å²) in [6.45, 7) is 1.56. The number of nitrogens with zero attached hydrogens (tertiary/aromatic N) is 2. The van der Waals surface area contributed by atoms with Gasteiger partial charge in [-0.25, -0.2) is 4.98 Å². The van der Waals surface area contributed by atoms with Crippen molar-refractivity contribution in [2.75, 3.05) is 18.0 Å². The van der Waals surface area contributed by atoms with Crippen LogP contribution >= 0.6 is 0 Å². The number of imidazole rings is 1. The number of benzene rings is 1. The second-order valence-electron chi connectivity index (χ2n) is 3.97. The van der Waals surface area contributed by atoms with Gasteiger partial charge in [0.15, 0.2) is 0 Å². The largest absolute Gasteiger partial charge is 0.391 e. The van der Waals surface area contributed by atoms with Crippen LogP contribution in [-0.4, -0.2) is 34.3 Å². The third-order valence-electron chi connectivity index (χ3n) is 2.84. The highest BCUT2D eigenvalue weighted by atomic mass is 16.3. The Labute approximate surface area is 87.5 Å². The van der Waals surface area contributed by atoms with Gasteiger partial charge in [0.2, 0.25) is 5.95 Å². The van der Waals surface area contributed by atoms with Crippen LogP contribution in [0, 0.1) is 0 Å². The third kappa shape index (κ3) is 1.47. The van der Waals surface area contributed by atoms with Crippen LogP contribution in [0.15, 0.2) is 24.3 Å². The van der Waals surface area contributed by atoms with E-state index in [1.54, 1.807) is 0 Å². The lowest BCUT2D eigenvalue weighted by Crippen LogP contribution is -2.22. The van der Waals surface area contributed by atoms with Crippen molar-refractivity contribution in [3.05, 3.63) is 24.3 Å². The molecule has 0 saturated carbocycles. The van der Waals surface area contributed by atoms with E-state index < -0.39 is 0 Å². The Morgan fingerprint density at radius 1 is 1.40 bits per heavy atom. The highest BCUT2D eigenvalue weighted by Crippen LogP contribution is 2.20. The molecule has 0 amide bonds. The fourth-order valence-corrected chi connectivity index (χ4v) is 2.02. The molecule has 1 saturated heterocycles. The molecule has 1 aliphatic heterocycles. The van der Waals surface area contributed by atoms with Crippen LogP contribution in [0.1, 0.15) is 6.42 Å². The van der Waals surface area contributed by atoms with Gasteiger partial charge in [0.05, 0.1) is 17.1 Å². The number of rotatable bonds is 1. The lowest BCUT2D eigenvalue weighted by atomic mass is 10.3. The zero-order valence-electron chi connectivity index (χ0n) is 8.35. The SMILES string of the molecule is O[C@@H]1CCN(c2nc3ccccc3[nH]2)C1. The molecule has 4 nitrogen and oxygen atoms in total. The van der Waals surface area contributed by atoms with E-state index in [-0.39, 0.29) is 6.10 Å². The lowest BCUT2D eigenvalue weighted by Gasteiger charge is -2.12. The van der Waals surface area contributed by atoms with Gasteiger partial charge >= 0.3 is 0 Å². The molecule has 1 atom stereocenters. The van der Waals surface area contributed by atoms with Crippen LogP contribution in [0.25, 0.3) is 11.0 Å². The molecule has 0 aliphatic carbocycles. The Morgan fingerprint density at radius 3 is 3.00 bits per heavy atom. The maximum Gasteiger partial charge on any atom is 0.203 e. The molecule has 0 bridgehead atoms. The number of fused-ring (bicyclic) bond motifs is 1. The molecule has 3 rings (SSSR count). The molecule has 1 aliphatic rings. The Bertz CT molecular complexity index is 446. The fraction of sp³-hybridized carbons (Fsp3) is 0.364. The Morgan fingerprint density at radius 2 is 2.27 bits per heavy atom. The van der Waals surface area contributed by atoms with Crippen molar-refractivity contribution in [3.63, 3.8) is 0 Å². The second kappa shape index (κ2) is 3.24. The van der Waals surface area contributed by atoms with Crippen molar-refractivity contribution in [1.82, 2.24) is 9.97 Å². The van der Waals surface area contributed by atoms with Gasteiger partial charge < -0.3 is 15.0 Å². The number of aromatic nitrogens is 2. The standard InChI is InChI=1S/C11H13N3O/c15-8-5-6-14(7-8)11-12-9-3-1-2-4-10(9)13-11/h1-4,8,15H,5-7H2,(H,12,13)/t8-/m1/s1. The summed E-state index contributed by atoms with van der Waals surface area (Å²) in [5, 5.41) is 9.45. The molecule has 1 aromatic carbocycles. The normalized spacial score (nSPS) is 21.4. The summed E-state index contributed by atoms with van der Waals surface area (Å²) in [6, 6.07) is 7.97. The molecule has 2 N–H and O–H groups in total. The van der Waals surface area contributed by atoms with E-state index in [2.05, 4.69) is 14.9 Å². The number of hydrogen-bond donors (Lipinski definition) is 2. The maximum absolute atomic E-state index is 9.45. The van der Waals surface area contributed by atoms with Gasteiger partial charge in [-0.15, -0.1) is 0 Å². The van der Waals surface area contributed by atoms with Gasteiger partial charge in [-0.3, -0.25) is 0 Å². The van der Waals surface area contributed by atoms with Crippen LogP contribution in [0.4, 0.5) is 5.95 Å². The number of hydrogen-bond acceptors (Lipinski definition) is 3. The number of β-amino-alcohol motifs (C(OH)–C–C–N with tert-alkyl or cyclic N) is 1. The molecule has 4 heteroatoms. The molecule has 1 fully saturated rings. The molecular formula is C11H13N3O. The van der Waals surface area contributed by atoms with E-state index in [0.717, 1.165) is 29.9 Å². The monoisotopic (exact) mass is 203 g/mol. The number of nitrogens with one attached hydrogen (secondary N) is 1. The molecule has 15 heavy (non-hydrogen) atoms. The third-order valence-corrected chi connectivity index (χ3v) is 2.84. The first kappa shape index (κ1) is 8.73. The highest BCUT2D eigenvalue weighted by Gasteiger charge is 2.22. The topological polar surface area (TPSA) is 52.1 Å². The molecule has 78 valence electrons. The summed E-state index contributed by atoms with van der Waals surface area (Å²) in [5.41, 5.74) is 2.03. The van der Waals surface area contributed by atoms with E-state index in [1.807, 2.05) is 24.3 Å². The van der Waals surface area contributed by atoms with Gasteiger partial charge in [0.1, 0.15) is 0 Å². The first-order valence-corrected chi connectivity index (χ1v) is 5.21. The molecule has 0 radical (unpaired) electrons. The Balaban J connectivity index is 1.98. The predicted molar refractivity (Wildman–Crippen MR) is 58.9 cm³/mol. The minimum atomic E-state index is -0.210. The van der Waals surface area contributed by atoms with Crippen molar-refractivity contribution >= 4 is 17.0 Å². The van der Waals surface area contributed by atoms with Gasteiger partial charge in [0.25, 0.3) is 0 Å². The predicted octanol–water partition coefficient (Wildman–Crippen LogP) is 1.13. The van der Waals surface area contributed by atoms with Crippen molar-refractivity contribution in [2.45, 2.75) is 12.5 Å². The van der Waals surface area contributed by atoms with E-state index in [0.29, 0.717) is 6.54 Å². The van der Waals surface area contributed by atoms with E-state index in [1.165, 1.54) is 0 Å². The number of aromatic amines is 1. The van der Waals surface area contributed by atoms with Gasteiger partial charge in [-0.1, -0.05) is 12.1 Å². The molecule has 2 aromatic rings. The molecule has 2 heterocycles. The van der Waals surface area contributed by atoms with Crippen molar-refractivity contribution in [2.24, 2.45) is 0 Å². The smallest absolute Gasteiger partial charge is 0.203 e. The number of para-hydroxylation sites is 2. The molecule has 0 spiro atoms. The maximum atomic E-state index is 9.45. The first-order chi connectivity index (χ1) is 7.33. The van der Waals surface area contributed by atoms with Gasteiger partial charge in [-0.05, 0) is 18.6 Å². The number of anilines is 1. The second-order valence-corrected chi connectivity index (χ2v) is 3.97. The van der Waals surface area contributed by atoms with E-state index in [9.17, 15) is 5.11 Å². The zero-order valence-corrected chi connectivity index (χ0v) is 8.35. The average molecular weight is 203 g/mol. The summed E-state index contributed by atoms with van der Waals surface area (Å²) in [4.78, 5) is 9.84. The number of aliphatic hydroxyl groups excluding tert-OH is 1. The van der Waals surface area contributed by atoms with Crippen molar-refractivity contribution < 1.29 is 5.11 Å². The quantitative estimate of drug-likeness (QED) is 0.730. The summed E-state index contributed by atoms with van der Waals surface area (Å²) in [7, 11) is 0. The molecular weight excluding hydrogens is 190 g/mol. The van der Waals surface area contributed by atoms with Crippen LogP contribution < -0.4 is 4.90 Å². The summed E-state index contributed by atoms with van der Waals surface area (Å²) >= 11 is 0. The Hall–Kier alpha value is -1.55. The first-order valence-electron chi connectivity index (χ1n) is 5.21. The lowest BCUT2D eigenvalue weighted by molar-refractivity contribution is 0.198. The number of H-pyrrole nitrogens is 1. The summed E-state index contributed by atoms with van der Waals surface area (Å²) < 4.78 is 0. The molecule has 0 unspecified atom stereocenters. The van der Waals surface area contributed by atoms with Gasteiger partial charge in [0, 0.05) is 13.1 Å². The highest BCUT2D eigenvalue weighted by molar-refractivity contribution is 5.77. The minimum absolute atomic E-state index is 0.210. The van der Waals surface area contributed by atoms with Crippen LogP contribution in [0.5, 0.6) is 0 Å². The van der Waals surface area contributed by atoms with E-state index >= 15 is 0 Å². The van der Waals surface area contributed by atoms with Crippen LogP contribution in [0.3, 0.4) is 0 Å². The fourth-order valence-electron chi connectivity index (χ4n) is 2.02. The van der Waals surface area contributed by atoms with Crippen molar-refractivity contribution in [3.8, 4) is 0 Å². The zero-order chi connectivity index (χ0) is 10.3. The summed E-state index contributed by atoms with van der Waals surface area (Å²) in [6.07, 6.45) is 0.620. The minimum Gasteiger partial charge on any atom is -0.391 e. The van der Waals surface area contributed by atoms with Crippen LogP contribution in [-0.2, 0) is 0 Å². The van der Waals surface area contributed by atoms with Crippen LogP contribution in [0.2, 0.25) is 0 Å². The van der Waals surface area contributed by atoms with E-state index in [4.69, 9.17) is 0 Å². The van der Waals surface area contributed by atoms with Gasteiger partial charge in [-0.2, -0.15) is 0 Å². The molecule has 1 aromatic heterocycles.